The number of allylic oxidation sites excluding steroid dienone is 1. The number of aryl methyl sites for hydroxylation is 1. The predicted molar refractivity (Wildman–Crippen MR) is 105 cm³/mol. The fraction of sp³-hybridized carbons (Fsp3) is 0.304. The summed E-state index contributed by atoms with van der Waals surface area (Å²) >= 11 is 0. The fourth-order valence-corrected chi connectivity index (χ4v) is 4.52. The van der Waals surface area contributed by atoms with Crippen LogP contribution < -0.4 is 4.90 Å². The van der Waals surface area contributed by atoms with Crippen molar-refractivity contribution in [2.24, 2.45) is 5.41 Å². The van der Waals surface area contributed by atoms with E-state index in [-0.39, 0.29) is 17.9 Å². The zero-order valence-electron chi connectivity index (χ0n) is 15.5. The lowest BCUT2D eigenvalue weighted by Crippen LogP contribution is -2.65. The van der Waals surface area contributed by atoms with E-state index in [0.717, 1.165) is 18.5 Å². The number of fused-ring (bicyclic) bond motifs is 3. The molecule has 138 valence electrons. The molecule has 1 amide bonds. The van der Waals surface area contributed by atoms with Gasteiger partial charge in [0.15, 0.2) is 0 Å². The predicted octanol–water partition coefficient (Wildman–Crippen LogP) is 4.46. The highest BCUT2D eigenvalue weighted by Crippen LogP contribution is 2.59. The Balaban J connectivity index is 1.71. The van der Waals surface area contributed by atoms with Crippen LogP contribution in [0.3, 0.4) is 0 Å². The minimum absolute atomic E-state index is 0.0152. The molecule has 1 saturated heterocycles. The largest absolute Gasteiger partial charge is 0.462 e. The lowest BCUT2D eigenvalue weighted by molar-refractivity contribution is -0.141. The number of esters is 1. The summed E-state index contributed by atoms with van der Waals surface area (Å²) in [4.78, 5) is 27.0. The summed E-state index contributed by atoms with van der Waals surface area (Å²) < 4.78 is 5.04. The molecule has 1 aliphatic carbocycles. The van der Waals surface area contributed by atoms with E-state index in [1.807, 2.05) is 29.2 Å². The maximum atomic E-state index is 13.2. The van der Waals surface area contributed by atoms with Gasteiger partial charge >= 0.3 is 5.97 Å². The number of ether oxygens (including phenoxy) is 1. The molecule has 0 saturated carbocycles. The van der Waals surface area contributed by atoms with E-state index in [2.05, 4.69) is 24.8 Å². The molecule has 4 heteroatoms. The van der Waals surface area contributed by atoms with Gasteiger partial charge in [-0.2, -0.15) is 0 Å². The van der Waals surface area contributed by atoms with E-state index in [9.17, 15) is 9.59 Å². The van der Waals surface area contributed by atoms with Gasteiger partial charge in [-0.1, -0.05) is 30.3 Å². The highest BCUT2D eigenvalue weighted by atomic mass is 16.5. The van der Waals surface area contributed by atoms with Crippen LogP contribution in [0, 0.1) is 5.41 Å². The fourth-order valence-electron chi connectivity index (χ4n) is 4.52. The van der Waals surface area contributed by atoms with Crippen LogP contribution in [-0.4, -0.2) is 18.5 Å². The third kappa shape index (κ3) is 2.59. The first-order chi connectivity index (χ1) is 13.1. The third-order valence-corrected chi connectivity index (χ3v) is 5.78. The molecule has 0 radical (unpaired) electrons. The van der Waals surface area contributed by atoms with Crippen LogP contribution in [0.1, 0.15) is 47.3 Å². The Morgan fingerprint density at radius 2 is 2.00 bits per heavy atom. The monoisotopic (exact) mass is 361 g/mol. The van der Waals surface area contributed by atoms with Gasteiger partial charge in [0.2, 0.25) is 5.91 Å². The molecule has 4 rings (SSSR count). The second-order valence-corrected chi connectivity index (χ2v) is 7.19. The van der Waals surface area contributed by atoms with Crippen LogP contribution >= 0.6 is 0 Å². The number of β-lactam (4-membered cyclic amide) rings is 1. The van der Waals surface area contributed by atoms with E-state index >= 15 is 0 Å². The van der Waals surface area contributed by atoms with Gasteiger partial charge in [0, 0.05) is 5.69 Å². The Morgan fingerprint density at radius 1 is 1.26 bits per heavy atom. The van der Waals surface area contributed by atoms with Crippen molar-refractivity contribution in [3.63, 3.8) is 0 Å². The summed E-state index contributed by atoms with van der Waals surface area (Å²) in [5.41, 5.74) is 3.45. The highest BCUT2D eigenvalue weighted by Gasteiger charge is 2.62. The van der Waals surface area contributed by atoms with E-state index in [1.165, 1.54) is 11.1 Å². The van der Waals surface area contributed by atoms with Crippen molar-refractivity contribution in [3.05, 3.63) is 77.9 Å². The van der Waals surface area contributed by atoms with Crippen molar-refractivity contribution in [3.8, 4) is 0 Å². The van der Waals surface area contributed by atoms with E-state index in [0.29, 0.717) is 18.6 Å². The Morgan fingerprint density at radius 3 is 2.70 bits per heavy atom. The van der Waals surface area contributed by atoms with Gasteiger partial charge in [0.25, 0.3) is 0 Å². The lowest BCUT2D eigenvalue weighted by atomic mass is 9.59. The Bertz CT molecular complexity index is 902. The number of rotatable bonds is 5. The van der Waals surface area contributed by atoms with Gasteiger partial charge in [-0.15, -0.1) is 6.58 Å². The van der Waals surface area contributed by atoms with Gasteiger partial charge in [-0.25, -0.2) is 4.79 Å². The quantitative estimate of drug-likeness (QED) is 0.449. The molecule has 27 heavy (non-hydrogen) atoms. The number of carbonyl (C=O) groups is 2. The third-order valence-electron chi connectivity index (χ3n) is 5.78. The minimum atomic E-state index is -0.393. The van der Waals surface area contributed by atoms with Crippen molar-refractivity contribution in [1.29, 1.82) is 0 Å². The van der Waals surface area contributed by atoms with Crippen molar-refractivity contribution in [1.82, 2.24) is 0 Å². The molecule has 0 aromatic heterocycles. The first-order valence-electron chi connectivity index (χ1n) is 9.42. The summed E-state index contributed by atoms with van der Waals surface area (Å²) in [5, 5.41) is 0. The van der Waals surface area contributed by atoms with Gasteiger partial charge in [-0.3, -0.25) is 4.79 Å². The Kier molecular flexibility index (Phi) is 4.34. The highest BCUT2D eigenvalue weighted by molar-refractivity contribution is 6.07. The number of anilines is 1. The zero-order valence-corrected chi connectivity index (χ0v) is 15.5. The molecule has 0 spiro atoms. The second-order valence-electron chi connectivity index (χ2n) is 7.19. The topological polar surface area (TPSA) is 46.6 Å². The molecule has 2 atom stereocenters. The number of carbonyl (C=O) groups excluding carboxylic acids is 2. The first kappa shape index (κ1) is 17.5. The standard InChI is InChI=1S/C23H23NO3/c1-3-14-23-15-13-16-7-5-6-8-19(16)20(23)24(22(23)26)18-11-9-17(10-12-18)21(25)27-4-2/h3,5-12,20H,1,4,13-15H2,2H3/t20?,23-/m0/s1. The van der Waals surface area contributed by atoms with Crippen LogP contribution in [0.25, 0.3) is 0 Å². The molecule has 0 N–H and O–H groups in total. The van der Waals surface area contributed by atoms with Crippen LogP contribution in [0.2, 0.25) is 0 Å². The van der Waals surface area contributed by atoms with Crippen molar-refractivity contribution in [2.75, 3.05) is 11.5 Å². The normalized spacial score (nSPS) is 23.1. The number of amides is 1. The summed E-state index contributed by atoms with van der Waals surface area (Å²) in [6.07, 6.45) is 4.31. The number of hydrogen-bond acceptors (Lipinski definition) is 3. The molecule has 1 unspecified atom stereocenters. The van der Waals surface area contributed by atoms with Gasteiger partial charge in [0.05, 0.1) is 23.6 Å². The molecule has 1 fully saturated rings. The molecular formula is C23H23NO3. The Labute approximate surface area is 159 Å². The van der Waals surface area contributed by atoms with Crippen LogP contribution in [0.4, 0.5) is 5.69 Å². The lowest BCUT2D eigenvalue weighted by Gasteiger charge is -2.58. The second kappa shape index (κ2) is 6.69. The summed E-state index contributed by atoms with van der Waals surface area (Å²) in [6.45, 7) is 6.01. The van der Waals surface area contributed by atoms with E-state index < -0.39 is 5.41 Å². The molecule has 2 aromatic rings. The molecule has 0 bridgehead atoms. The van der Waals surface area contributed by atoms with Gasteiger partial charge in [0.1, 0.15) is 0 Å². The SMILES string of the molecule is C=CC[C@]12CCc3ccccc3C1N(c1ccc(C(=O)OCC)cc1)C2=O. The molecular weight excluding hydrogens is 338 g/mol. The van der Waals surface area contributed by atoms with Crippen LogP contribution in [0.15, 0.2) is 61.2 Å². The van der Waals surface area contributed by atoms with E-state index in [4.69, 9.17) is 4.74 Å². The minimum Gasteiger partial charge on any atom is -0.462 e. The summed E-state index contributed by atoms with van der Waals surface area (Å²) in [5.74, 6) is -0.200. The van der Waals surface area contributed by atoms with Crippen molar-refractivity contribution < 1.29 is 14.3 Å². The van der Waals surface area contributed by atoms with Crippen LogP contribution in [-0.2, 0) is 16.0 Å². The van der Waals surface area contributed by atoms with E-state index in [1.54, 1.807) is 19.1 Å². The zero-order chi connectivity index (χ0) is 19.0. The molecule has 2 aromatic carbocycles. The average molecular weight is 361 g/mol. The van der Waals surface area contributed by atoms with Crippen molar-refractivity contribution in [2.45, 2.75) is 32.2 Å². The summed E-state index contributed by atoms with van der Waals surface area (Å²) in [6, 6.07) is 15.5. The molecule has 1 aliphatic heterocycles. The molecule has 4 nitrogen and oxygen atoms in total. The maximum absolute atomic E-state index is 13.2. The van der Waals surface area contributed by atoms with Gasteiger partial charge in [-0.05, 0) is 61.6 Å². The molecule has 2 aliphatic rings. The maximum Gasteiger partial charge on any atom is 0.338 e. The molecule has 1 heterocycles. The van der Waals surface area contributed by atoms with Crippen LogP contribution in [0.5, 0.6) is 0 Å². The van der Waals surface area contributed by atoms with Crippen molar-refractivity contribution >= 4 is 17.6 Å². The van der Waals surface area contributed by atoms with Gasteiger partial charge < -0.3 is 9.64 Å². The number of nitrogens with zero attached hydrogens (tertiary/aromatic N) is 1. The summed E-state index contributed by atoms with van der Waals surface area (Å²) in [7, 11) is 0. The first-order valence-corrected chi connectivity index (χ1v) is 9.42. The Hall–Kier alpha value is -2.88. The number of benzene rings is 2. The smallest absolute Gasteiger partial charge is 0.338 e. The average Bonchev–Trinajstić information content (AvgIpc) is 2.69. The number of hydrogen-bond donors (Lipinski definition) is 0.